The molecule has 0 aromatic heterocycles. The Morgan fingerprint density at radius 2 is 1.69 bits per heavy atom. The first-order chi connectivity index (χ1) is 12.5. The van der Waals surface area contributed by atoms with E-state index in [-0.39, 0.29) is 41.4 Å². The van der Waals surface area contributed by atoms with Crippen LogP contribution in [0.4, 0.5) is 5.69 Å². The maximum atomic E-state index is 13.1. The lowest BCUT2D eigenvalue weighted by Gasteiger charge is -2.38. The van der Waals surface area contributed by atoms with E-state index in [4.69, 9.17) is 0 Å². The number of rotatable bonds is 4. The van der Waals surface area contributed by atoms with E-state index in [0.717, 1.165) is 18.4 Å². The maximum Gasteiger partial charge on any atom is 0.247 e. The van der Waals surface area contributed by atoms with Crippen LogP contribution >= 0.6 is 0 Å². The van der Waals surface area contributed by atoms with Crippen molar-refractivity contribution in [1.82, 2.24) is 4.90 Å². The minimum Gasteiger partial charge on any atom is -0.324 e. The first-order valence-corrected chi connectivity index (χ1v) is 9.44. The Morgan fingerprint density at radius 3 is 2.19 bits per heavy atom. The predicted octanol–water partition coefficient (Wildman–Crippen LogP) is 2.91. The van der Waals surface area contributed by atoms with Crippen molar-refractivity contribution in [2.75, 3.05) is 5.32 Å². The molecule has 5 nitrogen and oxygen atoms in total. The van der Waals surface area contributed by atoms with Crippen molar-refractivity contribution in [3.05, 3.63) is 42.0 Å². The fourth-order valence-corrected chi connectivity index (χ4v) is 4.82. The lowest BCUT2D eigenvalue weighted by atomic mass is 9.63. The zero-order valence-electron chi connectivity index (χ0n) is 15.1. The van der Waals surface area contributed by atoms with Crippen molar-refractivity contribution in [2.24, 2.45) is 23.7 Å². The molecular weight excluding hydrogens is 328 g/mol. The van der Waals surface area contributed by atoms with Crippen LogP contribution in [0.15, 0.2) is 36.4 Å². The number of allylic oxidation sites excluding steroid dienone is 2. The number of carbonyl (C=O) groups excluding carboxylic acids is 3. The Kier molecular flexibility index (Phi) is 4.17. The van der Waals surface area contributed by atoms with Crippen LogP contribution < -0.4 is 5.32 Å². The quantitative estimate of drug-likeness (QED) is 0.669. The van der Waals surface area contributed by atoms with Gasteiger partial charge in [0.15, 0.2) is 0 Å². The van der Waals surface area contributed by atoms with Gasteiger partial charge in [0.1, 0.15) is 6.04 Å². The number of nitrogens with one attached hydrogen (secondary N) is 1. The summed E-state index contributed by atoms with van der Waals surface area (Å²) in [4.78, 5) is 40.3. The monoisotopic (exact) mass is 352 g/mol. The third kappa shape index (κ3) is 2.49. The van der Waals surface area contributed by atoms with Gasteiger partial charge in [0.2, 0.25) is 17.7 Å². The number of hydrogen-bond donors (Lipinski definition) is 1. The molecule has 0 radical (unpaired) electrons. The Balaban J connectivity index is 1.59. The normalized spacial score (nSPS) is 30.5. The lowest BCUT2D eigenvalue weighted by Crippen LogP contribution is -2.47. The maximum absolute atomic E-state index is 13.1. The summed E-state index contributed by atoms with van der Waals surface area (Å²) in [7, 11) is 0. The lowest BCUT2D eigenvalue weighted by molar-refractivity contribution is -0.146. The van der Waals surface area contributed by atoms with Crippen molar-refractivity contribution in [2.45, 2.75) is 39.2 Å². The third-order valence-corrected chi connectivity index (χ3v) is 6.20. The highest BCUT2D eigenvalue weighted by atomic mass is 16.2. The summed E-state index contributed by atoms with van der Waals surface area (Å²) in [6, 6.07) is 6.76. The molecule has 5 rings (SSSR count). The van der Waals surface area contributed by atoms with Crippen molar-refractivity contribution in [1.29, 1.82) is 0 Å². The van der Waals surface area contributed by atoms with Crippen molar-refractivity contribution < 1.29 is 14.4 Å². The third-order valence-electron chi connectivity index (χ3n) is 6.20. The van der Waals surface area contributed by atoms with Gasteiger partial charge in [-0.05, 0) is 49.7 Å². The summed E-state index contributed by atoms with van der Waals surface area (Å²) in [5.74, 6) is -0.871. The van der Waals surface area contributed by atoms with Gasteiger partial charge in [-0.25, -0.2) is 0 Å². The highest BCUT2D eigenvalue weighted by Gasteiger charge is 2.58. The van der Waals surface area contributed by atoms with Gasteiger partial charge in [-0.2, -0.15) is 0 Å². The zero-order valence-corrected chi connectivity index (χ0v) is 15.1. The van der Waals surface area contributed by atoms with Crippen molar-refractivity contribution >= 4 is 23.4 Å². The van der Waals surface area contributed by atoms with Crippen LogP contribution in [0.3, 0.4) is 0 Å². The first kappa shape index (κ1) is 17.0. The number of anilines is 1. The van der Waals surface area contributed by atoms with Gasteiger partial charge in [-0.3, -0.25) is 19.3 Å². The average Bonchev–Trinajstić information content (AvgIpc) is 2.93. The number of likely N-dealkylation sites (tertiary alicyclic amines) is 1. The zero-order chi connectivity index (χ0) is 18.4. The van der Waals surface area contributed by atoms with Crippen LogP contribution in [-0.4, -0.2) is 28.7 Å². The van der Waals surface area contributed by atoms with E-state index in [0.29, 0.717) is 12.1 Å². The first-order valence-electron chi connectivity index (χ1n) is 9.44. The molecule has 5 heteroatoms. The van der Waals surface area contributed by atoms with Crippen molar-refractivity contribution in [3.8, 4) is 0 Å². The molecule has 1 saturated heterocycles. The largest absolute Gasteiger partial charge is 0.324 e. The van der Waals surface area contributed by atoms with E-state index in [9.17, 15) is 14.4 Å². The number of carbonyl (C=O) groups is 3. The topological polar surface area (TPSA) is 66.5 Å². The molecule has 1 saturated carbocycles. The Labute approximate surface area is 153 Å². The highest BCUT2D eigenvalue weighted by Crippen LogP contribution is 2.50. The highest BCUT2D eigenvalue weighted by molar-refractivity contribution is 6.10. The summed E-state index contributed by atoms with van der Waals surface area (Å²) in [6.45, 7) is 3.76. The van der Waals surface area contributed by atoms with Gasteiger partial charge in [0, 0.05) is 5.69 Å². The van der Waals surface area contributed by atoms with E-state index >= 15 is 0 Å². The number of aryl methyl sites for hydroxylation is 1. The molecule has 136 valence electrons. The fourth-order valence-electron chi connectivity index (χ4n) is 4.82. The molecule has 2 fully saturated rings. The van der Waals surface area contributed by atoms with Crippen LogP contribution in [0.2, 0.25) is 0 Å². The molecule has 0 unspecified atom stereocenters. The van der Waals surface area contributed by atoms with E-state index < -0.39 is 6.04 Å². The second-order valence-corrected chi connectivity index (χ2v) is 7.62. The summed E-state index contributed by atoms with van der Waals surface area (Å²) >= 11 is 0. The van der Waals surface area contributed by atoms with Gasteiger partial charge >= 0.3 is 0 Å². The minimum atomic E-state index is -0.750. The Morgan fingerprint density at radius 1 is 1.12 bits per heavy atom. The van der Waals surface area contributed by atoms with E-state index in [1.807, 2.05) is 38.1 Å². The van der Waals surface area contributed by atoms with E-state index in [1.165, 1.54) is 4.90 Å². The smallest absolute Gasteiger partial charge is 0.247 e. The average molecular weight is 352 g/mol. The standard InChI is InChI=1S/C21H24N2O3/c1-3-16(19(24)22-15-7-5-4-6-12(15)2)23-20(25)17-13-8-9-14(11-10-13)18(17)21(23)26/h4-9,13-14,16-18H,3,10-11H2,1-2H3,(H,22,24)/t13-,14-,16+,17+,18+/m0/s1. The molecule has 1 heterocycles. The van der Waals surface area contributed by atoms with Crippen LogP contribution in [0, 0.1) is 30.6 Å². The molecule has 2 bridgehead atoms. The summed E-state index contributed by atoms with van der Waals surface area (Å²) < 4.78 is 0. The number of hydrogen-bond acceptors (Lipinski definition) is 3. The number of nitrogens with zero attached hydrogens (tertiary/aromatic N) is 1. The number of benzene rings is 1. The molecule has 1 aromatic rings. The fraction of sp³-hybridized carbons (Fsp3) is 0.476. The number of imide groups is 1. The van der Waals surface area contributed by atoms with Crippen LogP contribution in [-0.2, 0) is 14.4 Å². The van der Waals surface area contributed by atoms with Gasteiger partial charge in [0.25, 0.3) is 0 Å². The number of amides is 3. The number of para-hydroxylation sites is 1. The molecule has 26 heavy (non-hydrogen) atoms. The molecule has 3 aliphatic carbocycles. The molecule has 1 N–H and O–H groups in total. The van der Waals surface area contributed by atoms with Crippen LogP contribution in [0.1, 0.15) is 31.7 Å². The molecular formula is C21H24N2O3. The Hall–Kier alpha value is -2.43. The molecule has 3 amide bonds. The second-order valence-electron chi connectivity index (χ2n) is 7.62. The van der Waals surface area contributed by atoms with Gasteiger partial charge in [-0.15, -0.1) is 0 Å². The summed E-state index contributed by atoms with van der Waals surface area (Å²) in [5, 5.41) is 2.90. The number of fused-ring (bicyclic) bond motifs is 1. The van der Waals surface area contributed by atoms with E-state index in [2.05, 4.69) is 17.5 Å². The van der Waals surface area contributed by atoms with Crippen molar-refractivity contribution in [3.63, 3.8) is 0 Å². The van der Waals surface area contributed by atoms with Gasteiger partial charge < -0.3 is 5.32 Å². The Bertz CT molecular complexity index is 768. The molecule has 1 aromatic carbocycles. The minimum absolute atomic E-state index is 0.142. The SMILES string of the molecule is CC[C@H](C(=O)Nc1ccccc1C)N1C(=O)[C@H]2[C@H](C1=O)[C@H]1C=C[C@H]2CC1. The molecule has 4 aliphatic rings. The van der Waals surface area contributed by atoms with E-state index in [1.54, 1.807) is 0 Å². The van der Waals surface area contributed by atoms with Gasteiger partial charge in [-0.1, -0.05) is 37.3 Å². The molecule has 0 spiro atoms. The second kappa shape index (κ2) is 6.38. The van der Waals surface area contributed by atoms with Crippen LogP contribution in [0.25, 0.3) is 0 Å². The predicted molar refractivity (Wildman–Crippen MR) is 98.1 cm³/mol. The summed E-state index contributed by atoms with van der Waals surface area (Å²) in [5.41, 5.74) is 1.67. The van der Waals surface area contributed by atoms with Crippen LogP contribution in [0.5, 0.6) is 0 Å². The van der Waals surface area contributed by atoms with Gasteiger partial charge in [0.05, 0.1) is 11.8 Å². The summed E-state index contributed by atoms with van der Waals surface area (Å²) in [6.07, 6.45) is 6.52. The molecule has 5 atom stereocenters. The molecule has 1 aliphatic heterocycles.